The largest absolute Gasteiger partial charge is 0.311 e. The van der Waals surface area contributed by atoms with Crippen molar-refractivity contribution in [2.24, 2.45) is 0 Å². The van der Waals surface area contributed by atoms with Crippen LogP contribution in [0.5, 0.6) is 0 Å². The molecule has 0 amide bonds. The van der Waals surface area contributed by atoms with E-state index in [1.807, 2.05) is 0 Å². The molecule has 0 saturated heterocycles. The van der Waals surface area contributed by atoms with E-state index in [4.69, 9.17) is 0 Å². The SMILES string of the molecule is c1ccc(-c2ccc(N(c3ccccc3)c3ccc(-c4ccc5ccc6ccc7ccccc7c6c5c4)cc3)cc2)cc1. The first kappa shape index (κ1) is 25.1. The minimum atomic E-state index is 1.12. The predicted octanol–water partition coefficient (Wildman–Crippen LogP) is 11.9. The summed E-state index contributed by atoms with van der Waals surface area (Å²) < 4.78 is 0. The first-order valence-corrected chi connectivity index (χ1v) is 14.8. The molecule has 0 unspecified atom stereocenters. The van der Waals surface area contributed by atoms with Gasteiger partial charge in [0.15, 0.2) is 0 Å². The average Bonchev–Trinajstić information content (AvgIpc) is 3.09. The Morgan fingerprint density at radius 2 is 0.721 bits per heavy atom. The second kappa shape index (κ2) is 10.6. The smallest absolute Gasteiger partial charge is 0.0462 e. The average molecular weight is 548 g/mol. The van der Waals surface area contributed by atoms with Crippen LogP contribution >= 0.6 is 0 Å². The molecule has 0 fully saturated rings. The lowest BCUT2D eigenvalue weighted by molar-refractivity contribution is 1.28. The monoisotopic (exact) mass is 547 g/mol. The topological polar surface area (TPSA) is 3.24 Å². The Labute approximate surface area is 251 Å². The molecule has 0 radical (unpaired) electrons. The highest BCUT2D eigenvalue weighted by molar-refractivity contribution is 6.20. The summed E-state index contributed by atoms with van der Waals surface area (Å²) in [5.41, 5.74) is 8.24. The van der Waals surface area contributed by atoms with Gasteiger partial charge in [-0.1, -0.05) is 133 Å². The molecule has 8 aromatic carbocycles. The predicted molar refractivity (Wildman–Crippen MR) is 185 cm³/mol. The zero-order valence-electron chi connectivity index (χ0n) is 23.7. The lowest BCUT2D eigenvalue weighted by atomic mass is 9.94. The van der Waals surface area contributed by atoms with Crippen LogP contribution in [0, 0.1) is 0 Å². The molecule has 0 aromatic heterocycles. The number of nitrogens with zero attached hydrogens (tertiary/aromatic N) is 1. The first-order chi connectivity index (χ1) is 21.3. The first-order valence-electron chi connectivity index (χ1n) is 14.8. The zero-order chi connectivity index (χ0) is 28.6. The van der Waals surface area contributed by atoms with Crippen LogP contribution in [0.25, 0.3) is 54.6 Å². The molecule has 8 aromatic rings. The van der Waals surface area contributed by atoms with Gasteiger partial charge in [0, 0.05) is 17.1 Å². The third-order valence-corrected chi connectivity index (χ3v) is 8.43. The lowest BCUT2D eigenvalue weighted by Gasteiger charge is -2.26. The Hall–Kier alpha value is -5.66. The molecule has 1 heteroatoms. The Balaban J connectivity index is 1.20. The van der Waals surface area contributed by atoms with Crippen molar-refractivity contribution in [3.8, 4) is 22.3 Å². The number of rotatable bonds is 5. The second-order valence-corrected chi connectivity index (χ2v) is 11.0. The van der Waals surface area contributed by atoms with Crippen molar-refractivity contribution in [1.29, 1.82) is 0 Å². The van der Waals surface area contributed by atoms with Gasteiger partial charge in [-0.3, -0.25) is 0 Å². The minimum Gasteiger partial charge on any atom is -0.311 e. The van der Waals surface area contributed by atoms with E-state index in [9.17, 15) is 0 Å². The Morgan fingerprint density at radius 3 is 1.40 bits per heavy atom. The van der Waals surface area contributed by atoms with Crippen LogP contribution in [0.4, 0.5) is 17.1 Å². The van der Waals surface area contributed by atoms with Gasteiger partial charge in [-0.25, -0.2) is 0 Å². The highest BCUT2D eigenvalue weighted by Crippen LogP contribution is 2.38. The number of fused-ring (bicyclic) bond motifs is 5. The number of hydrogen-bond donors (Lipinski definition) is 0. The van der Waals surface area contributed by atoms with Gasteiger partial charge in [-0.15, -0.1) is 0 Å². The van der Waals surface area contributed by atoms with Crippen molar-refractivity contribution in [3.63, 3.8) is 0 Å². The number of benzene rings is 8. The maximum Gasteiger partial charge on any atom is 0.0462 e. The van der Waals surface area contributed by atoms with Gasteiger partial charge in [-0.2, -0.15) is 0 Å². The van der Waals surface area contributed by atoms with Crippen LogP contribution in [0.1, 0.15) is 0 Å². The van der Waals surface area contributed by atoms with Crippen LogP contribution in [0.15, 0.2) is 176 Å². The molecule has 8 rings (SSSR count). The van der Waals surface area contributed by atoms with Gasteiger partial charge in [0.25, 0.3) is 0 Å². The summed E-state index contributed by atoms with van der Waals surface area (Å²) in [5, 5.41) is 7.72. The molecule has 0 aliphatic carbocycles. The molecule has 0 atom stereocenters. The maximum atomic E-state index is 2.36. The van der Waals surface area contributed by atoms with Crippen molar-refractivity contribution >= 4 is 49.4 Å². The van der Waals surface area contributed by atoms with Gasteiger partial charge in [0.1, 0.15) is 0 Å². The quantitative estimate of drug-likeness (QED) is 0.194. The van der Waals surface area contributed by atoms with Crippen molar-refractivity contribution in [2.75, 3.05) is 4.90 Å². The van der Waals surface area contributed by atoms with Gasteiger partial charge >= 0.3 is 0 Å². The van der Waals surface area contributed by atoms with E-state index in [1.54, 1.807) is 0 Å². The van der Waals surface area contributed by atoms with Crippen LogP contribution < -0.4 is 4.90 Å². The summed E-state index contributed by atoms with van der Waals surface area (Å²) in [6, 6.07) is 63.4. The van der Waals surface area contributed by atoms with Crippen LogP contribution in [0.3, 0.4) is 0 Å². The van der Waals surface area contributed by atoms with E-state index in [2.05, 4.69) is 181 Å². The molecule has 0 aliphatic heterocycles. The van der Waals surface area contributed by atoms with Gasteiger partial charge in [0.2, 0.25) is 0 Å². The van der Waals surface area contributed by atoms with Crippen LogP contribution in [-0.4, -0.2) is 0 Å². The molecule has 0 N–H and O–H groups in total. The molecule has 1 nitrogen and oxygen atoms in total. The molecule has 43 heavy (non-hydrogen) atoms. The Kier molecular flexibility index (Phi) is 6.20. The fourth-order valence-electron chi connectivity index (χ4n) is 6.27. The third kappa shape index (κ3) is 4.62. The standard InChI is InChI=1S/C42H29N/c1-3-9-30(10-4-1)31-21-25-38(26-22-31)43(37-12-5-2-6-13-37)39-27-23-32(24-28-39)36-20-17-34-16-19-35-18-15-33-11-7-8-14-40(33)42(35)41(34)29-36/h1-29H. The maximum absolute atomic E-state index is 2.36. The molecule has 0 bridgehead atoms. The molecular weight excluding hydrogens is 518 g/mol. The molecule has 0 spiro atoms. The van der Waals surface area contributed by atoms with E-state index in [1.165, 1.54) is 54.6 Å². The number of hydrogen-bond acceptors (Lipinski definition) is 1. The third-order valence-electron chi connectivity index (χ3n) is 8.43. The second-order valence-electron chi connectivity index (χ2n) is 11.0. The molecule has 202 valence electrons. The molecule has 0 saturated carbocycles. The lowest BCUT2D eigenvalue weighted by Crippen LogP contribution is -2.09. The van der Waals surface area contributed by atoms with E-state index in [-0.39, 0.29) is 0 Å². The molecule has 0 heterocycles. The van der Waals surface area contributed by atoms with E-state index >= 15 is 0 Å². The van der Waals surface area contributed by atoms with Crippen molar-refractivity contribution in [3.05, 3.63) is 176 Å². The number of para-hydroxylation sites is 1. The zero-order valence-corrected chi connectivity index (χ0v) is 23.7. The normalized spacial score (nSPS) is 11.3. The van der Waals surface area contributed by atoms with Crippen LogP contribution in [0.2, 0.25) is 0 Å². The van der Waals surface area contributed by atoms with Gasteiger partial charge in [0.05, 0.1) is 0 Å². The minimum absolute atomic E-state index is 1.12. The van der Waals surface area contributed by atoms with Gasteiger partial charge in [-0.05, 0) is 97.0 Å². The fraction of sp³-hybridized carbons (Fsp3) is 0. The highest BCUT2D eigenvalue weighted by Gasteiger charge is 2.13. The summed E-state index contributed by atoms with van der Waals surface area (Å²) in [6.07, 6.45) is 0. The van der Waals surface area contributed by atoms with E-state index in [0.29, 0.717) is 0 Å². The van der Waals surface area contributed by atoms with Gasteiger partial charge < -0.3 is 4.90 Å². The van der Waals surface area contributed by atoms with Crippen molar-refractivity contribution in [2.45, 2.75) is 0 Å². The highest BCUT2D eigenvalue weighted by atomic mass is 15.1. The summed E-state index contributed by atoms with van der Waals surface area (Å²) >= 11 is 0. The summed E-state index contributed by atoms with van der Waals surface area (Å²) in [7, 11) is 0. The number of anilines is 3. The van der Waals surface area contributed by atoms with E-state index < -0.39 is 0 Å². The van der Waals surface area contributed by atoms with Crippen molar-refractivity contribution in [1.82, 2.24) is 0 Å². The fourth-order valence-corrected chi connectivity index (χ4v) is 6.27. The summed E-state index contributed by atoms with van der Waals surface area (Å²) in [4.78, 5) is 2.32. The van der Waals surface area contributed by atoms with Crippen molar-refractivity contribution < 1.29 is 0 Å². The Morgan fingerprint density at radius 1 is 0.279 bits per heavy atom. The molecule has 0 aliphatic rings. The molecular formula is C42H29N. The van der Waals surface area contributed by atoms with E-state index in [0.717, 1.165) is 17.1 Å². The summed E-state index contributed by atoms with van der Waals surface area (Å²) in [5.74, 6) is 0. The summed E-state index contributed by atoms with van der Waals surface area (Å²) in [6.45, 7) is 0. The van der Waals surface area contributed by atoms with Crippen LogP contribution in [-0.2, 0) is 0 Å². The Bertz CT molecular complexity index is 2190.